The van der Waals surface area contributed by atoms with Gasteiger partial charge in [0.15, 0.2) is 5.11 Å². The van der Waals surface area contributed by atoms with Crippen molar-refractivity contribution in [2.24, 2.45) is 0 Å². The second-order valence-electron chi connectivity index (χ2n) is 8.41. The Hall–Kier alpha value is -3.75. The van der Waals surface area contributed by atoms with Crippen LogP contribution >= 0.6 is 23.8 Å². The van der Waals surface area contributed by atoms with Gasteiger partial charge in [-0.15, -0.1) is 0 Å². The lowest BCUT2D eigenvalue weighted by atomic mass is 10.0. The zero-order chi connectivity index (χ0) is 25.1. The molecule has 2 atom stereocenters. The molecule has 5 rings (SSSR count). The fourth-order valence-corrected chi connectivity index (χ4v) is 4.96. The molecule has 0 radical (unpaired) electrons. The van der Waals surface area contributed by atoms with Crippen LogP contribution in [-0.4, -0.2) is 32.0 Å². The number of anilines is 1. The number of benzene rings is 2. The number of hydrogen-bond acceptors (Lipinski definition) is 3. The fourth-order valence-electron chi connectivity index (χ4n) is 4.44. The Kier molecular flexibility index (Phi) is 6.97. The molecule has 6 nitrogen and oxygen atoms in total. The molecule has 4 aromatic rings. The van der Waals surface area contributed by atoms with Gasteiger partial charge in [-0.05, 0) is 78.9 Å². The number of carbonyl (C=O) groups excluding carboxylic acids is 1. The summed E-state index contributed by atoms with van der Waals surface area (Å²) in [4.78, 5) is 19.3. The number of hydrogen-bond donors (Lipinski definition) is 2. The van der Waals surface area contributed by atoms with Gasteiger partial charge >= 0.3 is 0 Å². The van der Waals surface area contributed by atoms with Crippen molar-refractivity contribution < 1.29 is 9.18 Å². The Bertz CT molecular complexity index is 1380. The second-order valence-corrected chi connectivity index (χ2v) is 9.23. The van der Waals surface area contributed by atoms with E-state index >= 15 is 0 Å². The van der Waals surface area contributed by atoms with Crippen molar-refractivity contribution in [2.75, 3.05) is 11.9 Å². The van der Waals surface area contributed by atoms with E-state index in [1.165, 1.54) is 24.3 Å². The number of halogens is 2. The Labute approximate surface area is 218 Å². The number of rotatable bonds is 7. The summed E-state index contributed by atoms with van der Waals surface area (Å²) in [5, 5.41) is 7.41. The third kappa shape index (κ3) is 5.10. The van der Waals surface area contributed by atoms with Crippen molar-refractivity contribution >= 4 is 40.5 Å². The SMILES string of the molecule is O=C(CCN1C(=S)N[C@@H](c2ccccn2)[C@H]1c1cccn1-c1cccc(Cl)c1)Nc1ccc(F)cc1. The van der Waals surface area contributed by atoms with Crippen molar-refractivity contribution in [1.29, 1.82) is 0 Å². The third-order valence-corrected chi connectivity index (χ3v) is 6.66. The first-order valence-electron chi connectivity index (χ1n) is 11.5. The van der Waals surface area contributed by atoms with Crippen molar-refractivity contribution in [2.45, 2.75) is 18.5 Å². The summed E-state index contributed by atoms with van der Waals surface area (Å²) in [6, 6.07) is 22.7. The number of amides is 1. The van der Waals surface area contributed by atoms with Crippen molar-refractivity contribution in [3.63, 3.8) is 0 Å². The van der Waals surface area contributed by atoms with Gasteiger partial charge in [-0.25, -0.2) is 4.39 Å². The standard InChI is InChI=1S/C27H23ClFN5OS/c28-18-5-3-6-21(17-18)33-15-4-8-23(33)26-25(22-7-1-2-14-30-22)32-27(36)34(26)16-13-24(35)31-20-11-9-19(29)10-12-20/h1-12,14-15,17,25-26H,13,16H2,(H,31,35)(H,32,36)/t25-,26+/m0/s1. The molecule has 1 saturated heterocycles. The second kappa shape index (κ2) is 10.5. The van der Waals surface area contributed by atoms with E-state index in [1.54, 1.807) is 6.20 Å². The molecule has 9 heteroatoms. The highest BCUT2D eigenvalue weighted by Crippen LogP contribution is 2.39. The van der Waals surface area contributed by atoms with Gasteiger partial charge in [0.1, 0.15) is 5.82 Å². The van der Waals surface area contributed by atoms with E-state index in [9.17, 15) is 9.18 Å². The third-order valence-electron chi connectivity index (χ3n) is 6.08. The summed E-state index contributed by atoms with van der Waals surface area (Å²) in [5.74, 6) is -0.540. The highest BCUT2D eigenvalue weighted by atomic mass is 35.5. The van der Waals surface area contributed by atoms with Gasteiger partial charge in [0, 0.05) is 47.5 Å². The molecule has 2 N–H and O–H groups in total. The van der Waals surface area contributed by atoms with Gasteiger partial charge in [-0.1, -0.05) is 23.7 Å². The molecule has 182 valence electrons. The van der Waals surface area contributed by atoms with Crippen LogP contribution in [0.5, 0.6) is 0 Å². The van der Waals surface area contributed by atoms with Crippen LogP contribution in [0.4, 0.5) is 10.1 Å². The summed E-state index contributed by atoms with van der Waals surface area (Å²) in [5.41, 5.74) is 3.30. The number of thiocarbonyl (C=S) groups is 1. The van der Waals surface area contributed by atoms with Gasteiger partial charge < -0.3 is 20.1 Å². The van der Waals surface area contributed by atoms with Gasteiger partial charge in [0.25, 0.3) is 0 Å². The van der Waals surface area contributed by atoms with Crippen molar-refractivity contribution in [3.05, 3.63) is 113 Å². The summed E-state index contributed by atoms with van der Waals surface area (Å²) in [6.45, 7) is 0.383. The lowest BCUT2D eigenvalue weighted by Gasteiger charge is -2.29. The molecule has 36 heavy (non-hydrogen) atoms. The summed E-state index contributed by atoms with van der Waals surface area (Å²) in [6.07, 6.45) is 3.94. The van der Waals surface area contributed by atoms with E-state index in [2.05, 4.69) is 20.2 Å². The van der Waals surface area contributed by atoms with Gasteiger partial charge in [0.2, 0.25) is 5.91 Å². The van der Waals surface area contributed by atoms with E-state index in [0.29, 0.717) is 22.4 Å². The molecule has 1 aliphatic rings. The lowest BCUT2D eigenvalue weighted by molar-refractivity contribution is -0.116. The van der Waals surface area contributed by atoms with Crippen molar-refractivity contribution in [1.82, 2.24) is 19.8 Å². The molecule has 1 fully saturated rings. The van der Waals surface area contributed by atoms with E-state index < -0.39 is 0 Å². The zero-order valence-corrected chi connectivity index (χ0v) is 20.7. The Morgan fingerprint density at radius 3 is 2.67 bits per heavy atom. The largest absolute Gasteiger partial charge is 0.352 e. The van der Waals surface area contributed by atoms with Gasteiger partial charge in [-0.3, -0.25) is 9.78 Å². The van der Waals surface area contributed by atoms with Gasteiger partial charge in [0.05, 0.1) is 17.8 Å². The quantitative estimate of drug-likeness (QED) is 0.308. The highest BCUT2D eigenvalue weighted by molar-refractivity contribution is 7.80. The van der Waals surface area contributed by atoms with Crippen LogP contribution in [0.15, 0.2) is 91.3 Å². The molecule has 2 aromatic carbocycles. The Morgan fingerprint density at radius 2 is 1.92 bits per heavy atom. The molecule has 3 heterocycles. The molecule has 0 spiro atoms. The molecule has 0 aliphatic carbocycles. The number of nitrogens with zero attached hydrogens (tertiary/aromatic N) is 3. The molecule has 1 aliphatic heterocycles. The molecule has 0 saturated carbocycles. The van der Waals surface area contributed by atoms with E-state index in [4.69, 9.17) is 23.8 Å². The number of aromatic nitrogens is 2. The molecule has 1 amide bonds. The smallest absolute Gasteiger partial charge is 0.226 e. The molecular weight excluding hydrogens is 497 g/mol. The normalized spacial score (nSPS) is 17.2. The maximum atomic E-state index is 13.2. The Balaban J connectivity index is 1.44. The topological polar surface area (TPSA) is 62.2 Å². The van der Waals surface area contributed by atoms with Crippen LogP contribution in [0, 0.1) is 5.82 Å². The van der Waals surface area contributed by atoms with Crippen LogP contribution < -0.4 is 10.6 Å². The van der Waals surface area contributed by atoms with E-state index in [-0.39, 0.29) is 30.2 Å². The first kappa shape index (κ1) is 24.0. The summed E-state index contributed by atoms with van der Waals surface area (Å²) in [7, 11) is 0. The van der Waals surface area contributed by atoms with Crippen LogP contribution in [0.1, 0.15) is 29.9 Å². The predicted molar refractivity (Wildman–Crippen MR) is 143 cm³/mol. The van der Waals surface area contributed by atoms with Crippen molar-refractivity contribution in [3.8, 4) is 5.69 Å². The minimum atomic E-state index is -0.354. The lowest BCUT2D eigenvalue weighted by Crippen LogP contribution is -2.33. The predicted octanol–water partition coefficient (Wildman–Crippen LogP) is 5.67. The number of nitrogens with one attached hydrogen (secondary N) is 2. The van der Waals surface area contributed by atoms with Crippen LogP contribution in [0.2, 0.25) is 5.02 Å². The first-order chi connectivity index (χ1) is 17.5. The molecule has 0 bridgehead atoms. The fraction of sp³-hybridized carbons (Fsp3) is 0.148. The highest BCUT2D eigenvalue weighted by Gasteiger charge is 2.41. The maximum Gasteiger partial charge on any atom is 0.226 e. The summed E-state index contributed by atoms with van der Waals surface area (Å²) >= 11 is 12.0. The summed E-state index contributed by atoms with van der Waals surface area (Å²) < 4.78 is 15.3. The van der Waals surface area contributed by atoms with Crippen LogP contribution in [0.25, 0.3) is 5.69 Å². The Morgan fingerprint density at radius 1 is 1.08 bits per heavy atom. The van der Waals surface area contributed by atoms with Crippen LogP contribution in [-0.2, 0) is 4.79 Å². The van der Waals surface area contributed by atoms with E-state index in [1.807, 2.05) is 65.7 Å². The minimum absolute atomic E-state index is 0.185. The minimum Gasteiger partial charge on any atom is -0.352 e. The first-order valence-corrected chi connectivity index (χ1v) is 12.2. The van der Waals surface area contributed by atoms with E-state index in [0.717, 1.165) is 17.1 Å². The number of pyridine rings is 1. The van der Waals surface area contributed by atoms with Crippen LogP contribution in [0.3, 0.4) is 0 Å². The molecule has 0 unspecified atom stereocenters. The number of carbonyl (C=O) groups is 1. The maximum absolute atomic E-state index is 13.2. The van der Waals surface area contributed by atoms with Gasteiger partial charge in [-0.2, -0.15) is 0 Å². The average Bonchev–Trinajstić information content (AvgIpc) is 3.49. The zero-order valence-electron chi connectivity index (χ0n) is 19.1. The average molecular weight is 520 g/mol. The monoisotopic (exact) mass is 519 g/mol. The molecule has 2 aromatic heterocycles. The molecular formula is C27H23ClFN5OS.